The fraction of sp³-hybridized carbons (Fsp3) is 0.556. The molecule has 0 saturated heterocycles. The van der Waals surface area contributed by atoms with Crippen LogP contribution in [0.1, 0.15) is 26.3 Å². The van der Waals surface area contributed by atoms with Crippen LogP contribution in [-0.2, 0) is 12.1 Å². The highest BCUT2D eigenvalue weighted by Gasteiger charge is 2.16. The van der Waals surface area contributed by atoms with Gasteiger partial charge in [0.2, 0.25) is 0 Å². The molecule has 0 aliphatic rings. The minimum absolute atomic E-state index is 0.0995. The molecule has 0 amide bonds. The summed E-state index contributed by atoms with van der Waals surface area (Å²) in [4.78, 5) is 11.7. The van der Waals surface area contributed by atoms with Crippen LogP contribution >= 0.6 is 0 Å². The van der Waals surface area contributed by atoms with Gasteiger partial charge in [-0.15, -0.1) is 0 Å². The van der Waals surface area contributed by atoms with Crippen molar-refractivity contribution in [3.8, 4) is 0 Å². The fourth-order valence-electron chi connectivity index (χ4n) is 1.08. The van der Waals surface area contributed by atoms with Gasteiger partial charge in [-0.1, -0.05) is 0 Å². The summed E-state index contributed by atoms with van der Waals surface area (Å²) < 4.78 is 1.45. The van der Waals surface area contributed by atoms with E-state index in [0.29, 0.717) is 5.56 Å². The molecular formula is C9H15N3O. The zero-order valence-electron chi connectivity index (χ0n) is 8.24. The van der Waals surface area contributed by atoms with E-state index in [4.69, 9.17) is 5.73 Å². The molecule has 1 aromatic rings. The first-order chi connectivity index (χ1) is 5.96. The average Bonchev–Trinajstić information content (AvgIpc) is 2.02. The second kappa shape index (κ2) is 3.30. The van der Waals surface area contributed by atoms with E-state index in [1.807, 2.05) is 20.8 Å². The predicted octanol–water partition coefficient (Wildman–Crippen LogP) is 0.457. The molecule has 4 nitrogen and oxygen atoms in total. The normalized spacial score (nSPS) is 11.7. The van der Waals surface area contributed by atoms with Gasteiger partial charge in [0, 0.05) is 18.3 Å². The third kappa shape index (κ3) is 1.95. The molecule has 0 aliphatic heterocycles. The van der Waals surface area contributed by atoms with Crippen molar-refractivity contribution in [1.82, 2.24) is 9.78 Å². The molecule has 0 radical (unpaired) electrons. The van der Waals surface area contributed by atoms with Gasteiger partial charge in [-0.05, 0) is 26.8 Å². The molecule has 0 fully saturated rings. The zero-order valence-corrected chi connectivity index (χ0v) is 8.24. The third-order valence-corrected chi connectivity index (χ3v) is 1.78. The predicted molar refractivity (Wildman–Crippen MR) is 51.4 cm³/mol. The number of aromatic nitrogens is 2. The third-order valence-electron chi connectivity index (χ3n) is 1.78. The lowest BCUT2D eigenvalue weighted by atomic mass is 10.1. The number of nitrogens with zero attached hydrogens (tertiary/aromatic N) is 2. The van der Waals surface area contributed by atoms with Gasteiger partial charge in [0.15, 0.2) is 0 Å². The van der Waals surface area contributed by atoms with Crippen LogP contribution in [-0.4, -0.2) is 9.78 Å². The second-order valence-corrected chi connectivity index (χ2v) is 3.95. The zero-order chi connectivity index (χ0) is 10.1. The first kappa shape index (κ1) is 9.92. The molecule has 0 saturated carbocycles. The second-order valence-electron chi connectivity index (χ2n) is 3.95. The van der Waals surface area contributed by atoms with E-state index >= 15 is 0 Å². The highest BCUT2D eigenvalue weighted by Crippen LogP contribution is 2.08. The molecule has 0 unspecified atom stereocenters. The fourth-order valence-corrected chi connectivity index (χ4v) is 1.08. The number of nitrogens with two attached hydrogens (primary N) is 1. The van der Waals surface area contributed by atoms with Crippen LogP contribution in [0.15, 0.2) is 17.1 Å². The number of rotatable bonds is 1. The lowest BCUT2D eigenvalue weighted by Gasteiger charge is -2.20. The van der Waals surface area contributed by atoms with Gasteiger partial charge in [-0.2, -0.15) is 5.10 Å². The Labute approximate surface area is 77.4 Å². The standard InChI is InChI=1S/C9H15N3O/c1-9(2,3)12-8(13)7(6-10)4-5-11-12/h4-5H,6,10H2,1-3H3. The highest BCUT2D eigenvalue weighted by atomic mass is 16.1. The van der Waals surface area contributed by atoms with E-state index in [0.717, 1.165) is 0 Å². The smallest absolute Gasteiger partial charge is 0.271 e. The Hall–Kier alpha value is -1.16. The van der Waals surface area contributed by atoms with Crippen LogP contribution in [0.5, 0.6) is 0 Å². The number of hydrogen-bond acceptors (Lipinski definition) is 3. The van der Waals surface area contributed by atoms with Crippen molar-refractivity contribution >= 4 is 0 Å². The summed E-state index contributed by atoms with van der Waals surface area (Å²) in [5.74, 6) is 0. The molecule has 72 valence electrons. The highest BCUT2D eigenvalue weighted by molar-refractivity contribution is 5.06. The van der Waals surface area contributed by atoms with Crippen molar-refractivity contribution in [2.45, 2.75) is 32.9 Å². The maximum absolute atomic E-state index is 11.7. The first-order valence-corrected chi connectivity index (χ1v) is 4.24. The molecule has 0 atom stereocenters. The summed E-state index contributed by atoms with van der Waals surface area (Å²) in [6, 6.07) is 1.66. The molecule has 4 heteroatoms. The topological polar surface area (TPSA) is 60.9 Å². The molecule has 1 aromatic heterocycles. The van der Waals surface area contributed by atoms with Crippen molar-refractivity contribution in [1.29, 1.82) is 0 Å². The minimum atomic E-state index is -0.289. The van der Waals surface area contributed by atoms with Crippen molar-refractivity contribution in [3.05, 3.63) is 28.2 Å². The van der Waals surface area contributed by atoms with E-state index in [1.165, 1.54) is 4.68 Å². The Bertz CT molecular complexity index is 349. The lowest BCUT2D eigenvalue weighted by Crippen LogP contribution is -2.37. The van der Waals surface area contributed by atoms with Gasteiger partial charge in [-0.25, -0.2) is 4.68 Å². The van der Waals surface area contributed by atoms with Crippen LogP contribution < -0.4 is 11.3 Å². The largest absolute Gasteiger partial charge is 0.326 e. The van der Waals surface area contributed by atoms with Crippen LogP contribution in [0.3, 0.4) is 0 Å². The van der Waals surface area contributed by atoms with E-state index in [9.17, 15) is 4.79 Å². The van der Waals surface area contributed by atoms with Crippen molar-refractivity contribution in [3.63, 3.8) is 0 Å². The average molecular weight is 181 g/mol. The van der Waals surface area contributed by atoms with E-state index < -0.39 is 0 Å². The lowest BCUT2D eigenvalue weighted by molar-refractivity contribution is 0.336. The Morgan fingerprint density at radius 2 is 2.15 bits per heavy atom. The van der Waals surface area contributed by atoms with Gasteiger partial charge in [0.25, 0.3) is 5.56 Å². The molecule has 0 aromatic carbocycles. The Kier molecular flexibility index (Phi) is 2.52. The molecular weight excluding hydrogens is 166 g/mol. The maximum Gasteiger partial charge on any atom is 0.271 e. The molecule has 0 spiro atoms. The summed E-state index contributed by atoms with van der Waals surface area (Å²) in [5, 5.41) is 4.01. The Morgan fingerprint density at radius 1 is 1.54 bits per heavy atom. The van der Waals surface area contributed by atoms with Crippen molar-refractivity contribution < 1.29 is 0 Å². The van der Waals surface area contributed by atoms with Crippen molar-refractivity contribution in [2.75, 3.05) is 0 Å². The molecule has 2 N–H and O–H groups in total. The molecule has 1 heterocycles. The quantitative estimate of drug-likeness (QED) is 0.684. The van der Waals surface area contributed by atoms with Crippen LogP contribution in [0, 0.1) is 0 Å². The molecule has 13 heavy (non-hydrogen) atoms. The maximum atomic E-state index is 11.7. The van der Waals surface area contributed by atoms with Crippen LogP contribution in [0.25, 0.3) is 0 Å². The van der Waals surface area contributed by atoms with Crippen LogP contribution in [0.4, 0.5) is 0 Å². The van der Waals surface area contributed by atoms with E-state index in [-0.39, 0.29) is 17.6 Å². The summed E-state index contributed by atoms with van der Waals surface area (Å²) in [5.41, 5.74) is 5.63. The van der Waals surface area contributed by atoms with Gasteiger partial charge in [0.05, 0.1) is 5.54 Å². The number of hydrogen-bond donors (Lipinski definition) is 1. The van der Waals surface area contributed by atoms with E-state index in [2.05, 4.69) is 5.10 Å². The Balaban J connectivity index is 3.33. The Morgan fingerprint density at radius 3 is 2.62 bits per heavy atom. The van der Waals surface area contributed by atoms with Crippen LogP contribution in [0.2, 0.25) is 0 Å². The van der Waals surface area contributed by atoms with Gasteiger partial charge < -0.3 is 5.73 Å². The summed E-state index contributed by atoms with van der Waals surface area (Å²) in [7, 11) is 0. The van der Waals surface area contributed by atoms with Gasteiger partial charge >= 0.3 is 0 Å². The summed E-state index contributed by atoms with van der Waals surface area (Å²) in [6.45, 7) is 6.06. The summed E-state index contributed by atoms with van der Waals surface area (Å²) in [6.07, 6.45) is 1.61. The molecule has 1 rings (SSSR count). The monoisotopic (exact) mass is 181 g/mol. The molecule has 0 bridgehead atoms. The summed E-state index contributed by atoms with van der Waals surface area (Å²) >= 11 is 0. The van der Waals surface area contributed by atoms with Gasteiger partial charge in [-0.3, -0.25) is 4.79 Å². The molecule has 0 aliphatic carbocycles. The van der Waals surface area contributed by atoms with Crippen molar-refractivity contribution in [2.24, 2.45) is 5.73 Å². The SMILES string of the molecule is CC(C)(C)n1nccc(CN)c1=O. The van der Waals surface area contributed by atoms with E-state index in [1.54, 1.807) is 12.3 Å². The minimum Gasteiger partial charge on any atom is -0.326 e. The van der Waals surface area contributed by atoms with Gasteiger partial charge in [0.1, 0.15) is 0 Å². The first-order valence-electron chi connectivity index (χ1n) is 4.24.